The lowest BCUT2D eigenvalue weighted by Crippen LogP contribution is -1.90. The molecule has 0 spiro atoms. The van der Waals surface area contributed by atoms with Crippen LogP contribution in [0.1, 0.15) is 36.8 Å². The third-order valence-electron chi connectivity index (χ3n) is 3.76. The molecule has 1 aliphatic rings. The first-order valence-electron chi connectivity index (χ1n) is 6.98. The summed E-state index contributed by atoms with van der Waals surface area (Å²) in [5.41, 5.74) is 4.70. The normalized spacial score (nSPS) is 14.1. The van der Waals surface area contributed by atoms with E-state index in [0.29, 0.717) is 0 Å². The summed E-state index contributed by atoms with van der Waals surface area (Å²) < 4.78 is 2.15. The molecule has 0 fully saturated rings. The molecule has 2 heteroatoms. The van der Waals surface area contributed by atoms with Crippen LogP contribution in [0, 0.1) is 11.3 Å². The van der Waals surface area contributed by atoms with Crippen molar-refractivity contribution in [3.05, 3.63) is 54.8 Å². The van der Waals surface area contributed by atoms with Crippen LogP contribution in [0.2, 0.25) is 0 Å². The zero-order chi connectivity index (χ0) is 14.5. The Kier molecular flexibility index (Phi) is 4.42. The van der Waals surface area contributed by atoms with Crippen LogP contribution in [-0.4, -0.2) is 4.57 Å². The number of aromatic nitrogens is 1. The van der Waals surface area contributed by atoms with Crippen LogP contribution in [0.15, 0.2) is 43.6 Å². The fourth-order valence-electron chi connectivity index (χ4n) is 2.80. The summed E-state index contributed by atoms with van der Waals surface area (Å²) in [6.07, 6.45) is 9.48. The van der Waals surface area contributed by atoms with Gasteiger partial charge in [-0.15, -0.1) is 13.2 Å². The molecule has 3 rings (SSSR count). The van der Waals surface area contributed by atoms with Gasteiger partial charge in [-0.1, -0.05) is 6.08 Å². The van der Waals surface area contributed by atoms with Gasteiger partial charge in [-0.2, -0.15) is 5.26 Å². The molecule has 0 saturated carbocycles. The summed E-state index contributed by atoms with van der Waals surface area (Å²) in [4.78, 5) is 0. The first-order chi connectivity index (χ1) is 9.79. The summed E-state index contributed by atoms with van der Waals surface area (Å²) >= 11 is 0. The Labute approximate surface area is 120 Å². The lowest BCUT2D eigenvalue weighted by molar-refractivity contribution is 0.742. The Bertz CT molecular complexity index is 683. The van der Waals surface area contributed by atoms with Gasteiger partial charge in [0.1, 0.15) is 0 Å². The van der Waals surface area contributed by atoms with Crippen molar-refractivity contribution in [3.8, 4) is 6.07 Å². The number of hydrogen-bond donors (Lipinski definition) is 0. The minimum atomic E-state index is 0.742. The maximum absolute atomic E-state index is 9.03. The predicted molar refractivity (Wildman–Crippen MR) is 85.3 cm³/mol. The van der Waals surface area contributed by atoms with Gasteiger partial charge in [0.2, 0.25) is 0 Å². The number of hydrogen-bond acceptors (Lipinski definition) is 1. The van der Waals surface area contributed by atoms with Crippen molar-refractivity contribution in [1.82, 2.24) is 4.57 Å². The molecule has 0 radical (unpaired) electrons. The van der Waals surface area contributed by atoms with Crippen molar-refractivity contribution >= 4 is 16.5 Å². The number of fused-ring (bicyclic) bond motifs is 1. The van der Waals surface area contributed by atoms with E-state index in [0.717, 1.165) is 12.0 Å². The van der Waals surface area contributed by atoms with Gasteiger partial charge in [-0.25, -0.2) is 0 Å². The summed E-state index contributed by atoms with van der Waals surface area (Å²) in [7, 11) is 2.07. The highest BCUT2D eigenvalue weighted by molar-refractivity contribution is 5.94. The molecular weight excluding hydrogens is 244 g/mol. The molecule has 1 aliphatic carbocycles. The third-order valence-corrected chi connectivity index (χ3v) is 3.76. The van der Waals surface area contributed by atoms with Crippen molar-refractivity contribution < 1.29 is 0 Å². The SMILES string of the molecule is C=C.Cn1cc(C2=CCCCC2)c2cc(C#N)ccc21. The molecule has 2 aromatic rings. The van der Waals surface area contributed by atoms with Gasteiger partial charge < -0.3 is 4.57 Å². The first kappa shape index (κ1) is 14.1. The van der Waals surface area contributed by atoms with Crippen LogP contribution in [0.3, 0.4) is 0 Å². The molecule has 0 unspecified atom stereocenters. The molecule has 0 amide bonds. The molecule has 1 heterocycles. The summed E-state index contributed by atoms with van der Waals surface area (Å²) in [6, 6.07) is 8.18. The molecule has 20 heavy (non-hydrogen) atoms. The van der Waals surface area contributed by atoms with Gasteiger partial charge in [-0.05, 0) is 49.5 Å². The summed E-state index contributed by atoms with van der Waals surface area (Å²) in [5, 5.41) is 10.2. The predicted octanol–water partition coefficient (Wildman–Crippen LogP) is 4.81. The second-order valence-corrected chi connectivity index (χ2v) is 4.97. The Hall–Kier alpha value is -2.27. The van der Waals surface area contributed by atoms with Gasteiger partial charge >= 0.3 is 0 Å². The minimum Gasteiger partial charge on any atom is -0.350 e. The minimum absolute atomic E-state index is 0.742. The van der Waals surface area contributed by atoms with Gasteiger partial charge in [0.25, 0.3) is 0 Å². The van der Waals surface area contributed by atoms with Crippen molar-refractivity contribution in [2.45, 2.75) is 25.7 Å². The Morgan fingerprint density at radius 1 is 1.25 bits per heavy atom. The number of rotatable bonds is 1. The highest BCUT2D eigenvalue weighted by Crippen LogP contribution is 2.33. The van der Waals surface area contributed by atoms with E-state index in [4.69, 9.17) is 5.26 Å². The van der Waals surface area contributed by atoms with Gasteiger partial charge in [0, 0.05) is 29.7 Å². The van der Waals surface area contributed by atoms with E-state index in [2.05, 4.69) is 43.1 Å². The van der Waals surface area contributed by atoms with Gasteiger partial charge in [-0.3, -0.25) is 0 Å². The second-order valence-electron chi connectivity index (χ2n) is 4.97. The fraction of sp³-hybridized carbons (Fsp3) is 0.278. The smallest absolute Gasteiger partial charge is 0.0991 e. The molecule has 0 N–H and O–H groups in total. The number of nitriles is 1. The average Bonchev–Trinajstić information content (AvgIpc) is 2.86. The maximum atomic E-state index is 9.03. The number of nitrogens with zero attached hydrogens (tertiary/aromatic N) is 2. The van der Waals surface area contributed by atoms with Crippen LogP contribution in [0.5, 0.6) is 0 Å². The number of aryl methyl sites for hydroxylation is 1. The average molecular weight is 264 g/mol. The highest BCUT2D eigenvalue weighted by atomic mass is 14.9. The molecule has 1 aromatic heterocycles. The van der Waals surface area contributed by atoms with Gasteiger partial charge in [0.15, 0.2) is 0 Å². The Balaban J connectivity index is 0.000000704. The number of benzene rings is 1. The molecule has 102 valence electrons. The van der Waals surface area contributed by atoms with E-state index in [-0.39, 0.29) is 0 Å². The van der Waals surface area contributed by atoms with Crippen LogP contribution < -0.4 is 0 Å². The van der Waals surface area contributed by atoms with Gasteiger partial charge in [0.05, 0.1) is 11.6 Å². The van der Waals surface area contributed by atoms with Crippen molar-refractivity contribution in [2.24, 2.45) is 7.05 Å². The van der Waals surface area contributed by atoms with E-state index >= 15 is 0 Å². The van der Waals surface area contributed by atoms with E-state index in [1.54, 1.807) is 0 Å². The maximum Gasteiger partial charge on any atom is 0.0991 e. The van der Waals surface area contributed by atoms with E-state index in [1.165, 1.54) is 41.3 Å². The zero-order valence-electron chi connectivity index (χ0n) is 12.0. The van der Waals surface area contributed by atoms with Crippen LogP contribution >= 0.6 is 0 Å². The lowest BCUT2D eigenvalue weighted by atomic mass is 9.93. The fourth-order valence-corrected chi connectivity index (χ4v) is 2.80. The molecule has 0 bridgehead atoms. The van der Waals surface area contributed by atoms with Crippen LogP contribution in [-0.2, 0) is 7.05 Å². The third kappa shape index (κ3) is 2.53. The summed E-state index contributed by atoms with van der Waals surface area (Å²) in [5.74, 6) is 0. The quantitative estimate of drug-likeness (QED) is 0.679. The zero-order valence-corrected chi connectivity index (χ0v) is 12.0. The topological polar surface area (TPSA) is 28.7 Å². The van der Waals surface area contributed by atoms with E-state index in [9.17, 15) is 0 Å². The van der Waals surface area contributed by atoms with Crippen LogP contribution in [0.4, 0.5) is 0 Å². The molecular formula is C18H20N2. The molecule has 0 saturated heterocycles. The Morgan fingerprint density at radius 2 is 2.05 bits per heavy atom. The van der Waals surface area contributed by atoms with Crippen molar-refractivity contribution in [3.63, 3.8) is 0 Å². The second kappa shape index (κ2) is 6.25. The number of allylic oxidation sites excluding steroid dienone is 2. The Morgan fingerprint density at radius 3 is 2.70 bits per heavy atom. The molecule has 1 aromatic carbocycles. The summed E-state index contributed by atoms with van der Waals surface area (Å²) in [6.45, 7) is 6.00. The monoisotopic (exact) mass is 264 g/mol. The highest BCUT2D eigenvalue weighted by Gasteiger charge is 2.13. The standard InChI is InChI=1S/C16H16N2.C2H4/c1-18-11-15(13-5-3-2-4-6-13)14-9-12(10-17)7-8-16(14)18;1-2/h5,7-9,11H,2-4,6H2,1H3;1-2H2. The largest absolute Gasteiger partial charge is 0.350 e. The van der Waals surface area contributed by atoms with Crippen LogP contribution in [0.25, 0.3) is 16.5 Å². The first-order valence-corrected chi connectivity index (χ1v) is 6.98. The lowest BCUT2D eigenvalue weighted by Gasteiger charge is -2.11. The molecule has 0 aliphatic heterocycles. The van der Waals surface area contributed by atoms with Crippen molar-refractivity contribution in [1.29, 1.82) is 5.26 Å². The van der Waals surface area contributed by atoms with Crippen molar-refractivity contribution in [2.75, 3.05) is 0 Å². The van der Waals surface area contributed by atoms with E-state index in [1.807, 2.05) is 18.2 Å². The van der Waals surface area contributed by atoms with E-state index < -0.39 is 0 Å². The molecule has 0 atom stereocenters. The molecule has 2 nitrogen and oxygen atoms in total.